The number of aliphatic hydroxyl groups excluding tert-OH is 1. The minimum absolute atomic E-state index is 0.272. The highest BCUT2D eigenvalue weighted by atomic mass is 16.4. The summed E-state index contributed by atoms with van der Waals surface area (Å²) in [6.07, 6.45) is 0.00162. The number of nitrogens with one attached hydrogen (secondary N) is 1. The Morgan fingerprint density at radius 3 is 2.73 bits per heavy atom. The molecule has 1 aromatic rings. The molecule has 0 saturated carbocycles. The van der Waals surface area contributed by atoms with E-state index in [1.165, 1.54) is 0 Å². The predicted molar refractivity (Wildman–Crippen MR) is 56.5 cm³/mol. The van der Waals surface area contributed by atoms with E-state index in [2.05, 4.69) is 5.32 Å². The van der Waals surface area contributed by atoms with Crippen molar-refractivity contribution in [3.8, 4) is 0 Å². The molecule has 0 fully saturated rings. The zero-order chi connectivity index (χ0) is 11.3. The second-order valence-corrected chi connectivity index (χ2v) is 3.27. The molecule has 4 nitrogen and oxygen atoms in total. The summed E-state index contributed by atoms with van der Waals surface area (Å²) in [4.78, 5) is 10.8. The van der Waals surface area contributed by atoms with Crippen molar-refractivity contribution in [2.45, 2.75) is 26.1 Å². The van der Waals surface area contributed by atoms with E-state index in [1.54, 1.807) is 24.3 Å². The number of benzene rings is 1. The minimum atomic E-state index is -0.946. The van der Waals surface area contributed by atoms with Crippen LogP contribution in [0.4, 0.5) is 0 Å². The van der Waals surface area contributed by atoms with E-state index in [-0.39, 0.29) is 5.56 Å². The summed E-state index contributed by atoms with van der Waals surface area (Å²) in [5.74, 6) is -0.946. The average Bonchev–Trinajstić information content (AvgIpc) is 2.26. The number of aliphatic hydroxyl groups is 1. The SMILES string of the molecule is CCC(O)NCc1ccccc1C(=O)O. The molecule has 0 aliphatic carbocycles. The van der Waals surface area contributed by atoms with Gasteiger partial charge in [-0.3, -0.25) is 5.32 Å². The molecule has 15 heavy (non-hydrogen) atoms. The van der Waals surface area contributed by atoms with E-state index in [4.69, 9.17) is 5.11 Å². The topological polar surface area (TPSA) is 69.6 Å². The lowest BCUT2D eigenvalue weighted by molar-refractivity contribution is 0.0694. The van der Waals surface area contributed by atoms with Crippen LogP contribution in [0.5, 0.6) is 0 Å². The lowest BCUT2D eigenvalue weighted by Crippen LogP contribution is -2.27. The number of carboxylic acid groups (broad SMARTS) is 1. The molecule has 82 valence electrons. The van der Waals surface area contributed by atoms with Crippen molar-refractivity contribution < 1.29 is 15.0 Å². The number of hydrogen-bond acceptors (Lipinski definition) is 3. The fourth-order valence-corrected chi connectivity index (χ4v) is 1.26. The Kier molecular flexibility index (Phi) is 4.27. The van der Waals surface area contributed by atoms with Crippen molar-refractivity contribution in [2.24, 2.45) is 0 Å². The Hall–Kier alpha value is -1.39. The van der Waals surface area contributed by atoms with Crippen LogP contribution in [-0.2, 0) is 6.54 Å². The Labute approximate surface area is 88.6 Å². The first-order chi connectivity index (χ1) is 7.15. The molecule has 0 aromatic heterocycles. The molecule has 0 radical (unpaired) electrons. The van der Waals surface area contributed by atoms with E-state index in [0.717, 1.165) is 0 Å². The molecule has 0 bridgehead atoms. The molecule has 1 unspecified atom stereocenters. The van der Waals surface area contributed by atoms with Gasteiger partial charge >= 0.3 is 5.97 Å². The molecule has 0 aliphatic rings. The van der Waals surface area contributed by atoms with Gasteiger partial charge in [-0.15, -0.1) is 0 Å². The van der Waals surface area contributed by atoms with E-state index < -0.39 is 12.2 Å². The van der Waals surface area contributed by atoms with Crippen LogP contribution in [-0.4, -0.2) is 22.4 Å². The van der Waals surface area contributed by atoms with Crippen LogP contribution in [0.3, 0.4) is 0 Å². The molecule has 1 aromatic carbocycles. The van der Waals surface area contributed by atoms with E-state index in [0.29, 0.717) is 18.5 Å². The van der Waals surface area contributed by atoms with Crippen LogP contribution in [0.1, 0.15) is 29.3 Å². The number of carboxylic acids is 1. The van der Waals surface area contributed by atoms with Crippen LogP contribution >= 0.6 is 0 Å². The lowest BCUT2D eigenvalue weighted by atomic mass is 10.1. The lowest BCUT2D eigenvalue weighted by Gasteiger charge is -2.11. The van der Waals surface area contributed by atoms with Gasteiger partial charge in [-0.2, -0.15) is 0 Å². The maximum absolute atomic E-state index is 10.8. The zero-order valence-electron chi connectivity index (χ0n) is 8.60. The van der Waals surface area contributed by atoms with Crippen LogP contribution in [0.25, 0.3) is 0 Å². The van der Waals surface area contributed by atoms with Gasteiger partial charge < -0.3 is 10.2 Å². The first-order valence-corrected chi connectivity index (χ1v) is 4.87. The molecule has 1 rings (SSSR count). The maximum atomic E-state index is 10.8. The Bertz CT molecular complexity index is 338. The average molecular weight is 209 g/mol. The Morgan fingerprint density at radius 1 is 1.47 bits per heavy atom. The van der Waals surface area contributed by atoms with Crippen LogP contribution in [0.15, 0.2) is 24.3 Å². The quantitative estimate of drug-likeness (QED) is 0.637. The fraction of sp³-hybridized carbons (Fsp3) is 0.364. The van der Waals surface area contributed by atoms with Gasteiger partial charge in [-0.1, -0.05) is 25.1 Å². The van der Waals surface area contributed by atoms with Crippen LogP contribution in [0.2, 0.25) is 0 Å². The molecule has 0 aliphatic heterocycles. The van der Waals surface area contributed by atoms with Gasteiger partial charge in [-0.05, 0) is 18.1 Å². The summed E-state index contributed by atoms with van der Waals surface area (Å²) < 4.78 is 0. The van der Waals surface area contributed by atoms with Crippen LogP contribution in [0, 0.1) is 0 Å². The smallest absolute Gasteiger partial charge is 0.336 e. The van der Waals surface area contributed by atoms with Gasteiger partial charge in [0.1, 0.15) is 6.23 Å². The highest BCUT2D eigenvalue weighted by molar-refractivity contribution is 5.89. The number of hydrogen-bond donors (Lipinski definition) is 3. The van der Waals surface area contributed by atoms with Crippen molar-refractivity contribution >= 4 is 5.97 Å². The Morgan fingerprint density at radius 2 is 2.13 bits per heavy atom. The van der Waals surface area contributed by atoms with Gasteiger partial charge in [0.2, 0.25) is 0 Å². The van der Waals surface area contributed by atoms with Crippen LogP contribution < -0.4 is 5.32 Å². The molecule has 0 amide bonds. The van der Waals surface area contributed by atoms with Gasteiger partial charge in [0, 0.05) is 6.54 Å². The minimum Gasteiger partial charge on any atom is -0.478 e. The highest BCUT2D eigenvalue weighted by Crippen LogP contribution is 2.08. The van der Waals surface area contributed by atoms with Gasteiger partial charge in [-0.25, -0.2) is 4.79 Å². The third kappa shape index (κ3) is 3.34. The fourth-order valence-electron chi connectivity index (χ4n) is 1.26. The molecule has 0 heterocycles. The summed E-state index contributed by atoms with van der Waals surface area (Å²) in [6.45, 7) is 2.21. The van der Waals surface area contributed by atoms with E-state index >= 15 is 0 Å². The summed E-state index contributed by atoms with van der Waals surface area (Å²) >= 11 is 0. The third-order valence-electron chi connectivity index (χ3n) is 2.16. The maximum Gasteiger partial charge on any atom is 0.336 e. The molecule has 3 N–H and O–H groups in total. The largest absolute Gasteiger partial charge is 0.478 e. The van der Waals surface area contributed by atoms with E-state index in [9.17, 15) is 9.90 Å². The molecular formula is C11H15NO3. The first kappa shape index (κ1) is 11.7. The predicted octanol–water partition coefficient (Wildman–Crippen LogP) is 1.20. The number of rotatable bonds is 5. The first-order valence-electron chi connectivity index (χ1n) is 4.87. The molecular weight excluding hydrogens is 194 g/mol. The van der Waals surface area contributed by atoms with Gasteiger partial charge in [0.15, 0.2) is 0 Å². The van der Waals surface area contributed by atoms with Gasteiger partial charge in [0.25, 0.3) is 0 Å². The van der Waals surface area contributed by atoms with Crippen molar-refractivity contribution in [1.82, 2.24) is 5.32 Å². The van der Waals surface area contributed by atoms with Crippen molar-refractivity contribution in [3.63, 3.8) is 0 Å². The number of carbonyl (C=O) groups is 1. The van der Waals surface area contributed by atoms with E-state index in [1.807, 2.05) is 6.92 Å². The summed E-state index contributed by atoms with van der Waals surface area (Å²) in [5, 5.41) is 21.0. The summed E-state index contributed by atoms with van der Waals surface area (Å²) in [6, 6.07) is 6.75. The Balaban J connectivity index is 2.72. The highest BCUT2D eigenvalue weighted by Gasteiger charge is 2.09. The van der Waals surface area contributed by atoms with Gasteiger partial charge in [0.05, 0.1) is 5.56 Å². The van der Waals surface area contributed by atoms with Crippen molar-refractivity contribution in [2.75, 3.05) is 0 Å². The summed E-state index contributed by atoms with van der Waals surface area (Å²) in [5.41, 5.74) is 0.950. The van der Waals surface area contributed by atoms with Crippen molar-refractivity contribution in [1.29, 1.82) is 0 Å². The number of aromatic carboxylic acids is 1. The summed E-state index contributed by atoms with van der Waals surface area (Å²) in [7, 11) is 0. The molecule has 0 spiro atoms. The second-order valence-electron chi connectivity index (χ2n) is 3.27. The molecule has 4 heteroatoms. The standard InChI is InChI=1S/C11H15NO3/c1-2-10(13)12-7-8-5-3-4-6-9(8)11(14)15/h3-6,10,12-13H,2,7H2,1H3,(H,14,15). The van der Waals surface area contributed by atoms with Crippen molar-refractivity contribution in [3.05, 3.63) is 35.4 Å². The third-order valence-corrected chi connectivity index (χ3v) is 2.16. The second kappa shape index (κ2) is 5.48. The monoisotopic (exact) mass is 209 g/mol. The zero-order valence-corrected chi connectivity index (χ0v) is 8.60. The molecule has 1 atom stereocenters. The normalized spacial score (nSPS) is 12.4. The molecule has 0 saturated heterocycles.